The molecular weight excluding hydrogens is 208 g/mol. The first-order chi connectivity index (χ1) is 8.36. The van der Waals surface area contributed by atoms with E-state index in [0.717, 1.165) is 31.5 Å². The fraction of sp³-hybridized carbons (Fsp3) is 0.600. The average molecular weight is 230 g/mol. The lowest BCUT2D eigenvalue weighted by Crippen LogP contribution is -2.51. The summed E-state index contributed by atoms with van der Waals surface area (Å²) in [6.45, 7) is 5.68. The van der Waals surface area contributed by atoms with Crippen molar-refractivity contribution < 1.29 is 0 Å². The van der Waals surface area contributed by atoms with E-state index in [9.17, 15) is 0 Å². The molecule has 1 saturated carbocycles. The van der Waals surface area contributed by atoms with Gasteiger partial charge in [0.1, 0.15) is 0 Å². The summed E-state index contributed by atoms with van der Waals surface area (Å²) in [5.74, 6) is 0.952. The molecule has 0 aromatic heterocycles. The van der Waals surface area contributed by atoms with Gasteiger partial charge < -0.3 is 10.2 Å². The summed E-state index contributed by atoms with van der Waals surface area (Å²) in [7, 11) is 0. The van der Waals surface area contributed by atoms with Gasteiger partial charge in [-0.05, 0) is 42.9 Å². The van der Waals surface area contributed by atoms with Gasteiger partial charge in [-0.25, -0.2) is 0 Å². The number of hydrogen-bond acceptors (Lipinski definition) is 2. The molecule has 1 N–H and O–H groups in total. The zero-order valence-electron chi connectivity index (χ0n) is 10.7. The maximum atomic E-state index is 3.66. The number of rotatable bonds is 3. The van der Waals surface area contributed by atoms with E-state index >= 15 is 0 Å². The van der Waals surface area contributed by atoms with Gasteiger partial charge in [-0.3, -0.25) is 0 Å². The zero-order valence-corrected chi connectivity index (χ0v) is 10.7. The van der Waals surface area contributed by atoms with Gasteiger partial charge >= 0.3 is 0 Å². The van der Waals surface area contributed by atoms with Crippen molar-refractivity contribution in [3.63, 3.8) is 0 Å². The van der Waals surface area contributed by atoms with Crippen molar-refractivity contribution in [3.8, 4) is 0 Å². The van der Waals surface area contributed by atoms with Crippen molar-refractivity contribution in [2.45, 2.75) is 32.2 Å². The molecule has 2 fully saturated rings. The molecule has 1 aliphatic carbocycles. The fourth-order valence-electron chi connectivity index (χ4n) is 2.77. The zero-order chi connectivity index (χ0) is 11.7. The van der Waals surface area contributed by atoms with Gasteiger partial charge in [-0.2, -0.15) is 0 Å². The number of benzene rings is 1. The Hall–Kier alpha value is -1.02. The highest BCUT2D eigenvalue weighted by Crippen LogP contribution is 2.34. The Bertz CT molecular complexity index is 367. The molecule has 1 saturated heterocycles. The first-order valence-corrected chi connectivity index (χ1v) is 6.94. The Labute approximate surface area is 104 Å². The minimum Gasteiger partial charge on any atom is -0.369 e. The third-order valence-electron chi connectivity index (χ3n) is 4.11. The van der Waals surface area contributed by atoms with E-state index in [1.54, 1.807) is 0 Å². The van der Waals surface area contributed by atoms with Crippen LogP contribution in [0.4, 0.5) is 5.69 Å². The first kappa shape index (κ1) is 11.1. The van der Waals surface area contributed by atoms with Gasteiger partial charge in [0.05, 0.1) is 0 Å². The van der Waals surface area contributed by atoms with E-state index in [-0.39, 0.29) is 0 Å². The first-order valence-electron chi connectivity index (χ1n) is 6.94. The standard InChI is InChI=1S/C15H22N2/c1-2-12-3-7-14(8-4-12)17-10-9-16-15(11-17)13-5-6-13/h3-4,7-8,13,15-16H,2,5-6,9-11H2,1H3. The third kappa shape index (κ3) is 2.47. The number of hydrogen-bond donors (Lipinski definition) is 1. The van der Waals surface area contributed by atoms with Crippen molar-refractivity contribution in [1.29, 1.82) is 0 Å². The monoisotopic (exact) mass is 230 g/mol. The minimum atomic E-state index is 0.731. The molecule has 0 radical (unpaired) electrons. The Morgan fingerprint density at radius 2 is 2.00 bits per heavy atom. The van der Waals surface area contributed by atoms with Gasteiger partial charge in [0.2, 0.25) is 0 Å². The largest absolute Gasteiger partial charge is 0.369 e. The van der Waals surface area contributed by atoms with Gasteiger partial charge in [-0.1, -0.05) is 19.1 Å². The summed E-state index contributed by atoms with van der Waals surface area (Å²) >= 11 is 0. The van der Waals surface area contributed by atoms with Gasteiger partial charge in [0.25, 0.3) is 0 Å². The van der Waals surface area contributed by atoms with Crippen molar-refractivity contribution in [3.05, 3.63) is 29.8 Å². The maximum Gasteiger partial charge on any atom is 0.0367 e. The second kappa shape index (κ2) is 4.69. The molecule has 0 spiro atoms. The molecule has 3 rings (SSSR count). The molecule has 2 heteroatoms. The predicted octanol–water partition coefficient (Wildman–Crippen LogP) is 2.44. The van der Waals surface area contributed by atoms with Crippen LogP contribution in [0.5, 0.6) is 0 Å². The quantitative estimate of drug-likeness (QED) is 0.858. The van der Waals surface area contributed by atoms with Crippen LogP contribution in [0.25, 0.3) is 0 Å². The predicted molar refractivity (Wildman–Crippen MR) is 72.5 cm³/mol. The van der Waals surface area contributed by atoms with Crippen molar-refractivity contribution in [2.24, 2.45) is 5.92 Å². The maximum absolute atomic E-state index is 3.66. The lowest BCUT2D eigenvalue weighted by molar-refractivity contribution is 0.419. The molecule has 1 aromatic carbocycles. The van der Waals surface area contributed by atoms with Gasteiger partial charge in [-0.15, -0.1) is 0 Å². The van der Waals surface area contributed by atoms with E-state index in [0.29, 0.717) is 0 Å². The second-order valence-electron chi connectivity index (χ2n) is 5.36. The van der Waals surface area contributed by atoms with Crippen LogP contribution >= 0.6 is 0 Å². The highest BCUT2D eigenvalue weighted by molar-refractivity contribution is 5.48. The van der Waals surface area contributed by atoms with Crippen LogP contribution in [0.2, 0.25) is 0 Å². The van der Waals surface area contributed by atoms with Crippen LogP contribution in [0.3, 0.4) is 0 Å². The van der Waals surface area contributed by atoms with E-state index < -0.39 is 0 Å². The van der Waals surface area contributed by atoms with Crippen LogP contribution in [0, 0.1) is 5.92 Å². The normalized spacial score (nSPS) is 25.0. The highest BCUT2D eigenvalue weighted by Gasteiger charge is 2.33. The van der Waals surface area contributed by atoms with Gasteiger partial charge in [0, 0.05) is 31.4 Å². The number of anilines is 1. The summed E-state index contributed by atoms with van der Waals surface area (Å²) in [5, 5.41) is 3.66. The lowest BCUT2D eigenvalue weighted by Gasteiger charge is -2.35. The summed E-state index contributed by atoms with van der Waals surface area (Å²) < 4.78 is 0. The van der Waals surface area contributed by atoms with Crippen LogP contribution in [0.15, 0.2) is 24.3 Å². The number of piperazine rings is 1. The van der Waals surface area contributed by atoms with Crippen molar-refractivity contribution in [2.75, 3.05) is 24.5 Å². The van der Waals surface area contributed by atoms with Crippen LogP contribution < -0.4 is 10.2 Å². The average Bonchev–Trinajstić information content (AvgIpc) is 3.23. The smallest absolute Gasteiger partial charge is 0.0367 e. The minimum absolute atomic E-state index is 0.731. The third-order valence-corrected chi connectivity index (χ3v) is 4.11. The van der Waals surface area contributed by atoms with Crippen molar-refractivity contribution in [1.82, 2.24) is 5.32 Å². The molecule has 17 heavy (non-hydrogen) atoms. The summed E-state index contributed by atoms with van der Waals surface area (Å²) in [6, 6.07) is 9.84. The highest BCUT2D eigenvalue weighted by atomic mass is 15.2. The van der Waals surface area contributed by atoms with Crippen LogP contribution in [-0.4, -0.2) is 25.7 Å². The molecule has 1 heterocycles. The van der Waals surface area contributed by atoms with E-state index in [1.165, 1.54) is 30.6 Å². The SMILES string of the molecule is CCc1ccc(N2CCNC(C3CC3)C2)cc1. The molecule has 1 unspecified atom stereocenters. The summed E-state index contributed by atoms with van der Waals surface area (Å²) in [4.78, 5) is 2.54. The molecule has 0 bridgehead atoms. The Morgan fingerprint density at radius 1 is 1.24 bits per heavy atom. The summed E-state index contributed by atoms with van der Waals surface area (Å²) in [6.07, 6.45) is 3.99. The molecule has 2 nitrogen and oxygen atoms in total. The fourth-order valence-corrected chi connectivity index (χ4v) is 2.77. The van der Waals surface area contributed by atoms with Gasteiger partial charge in [0.15, 0.2) is 0 Å². The second-order valence-corrected chi connectivity index (χ2v) is 5.36. The molecule has 2 aliphatic rings. The Balaban J connectivity index is 1.69. The van der Waals surface area contributed by atoms with Crippen LogP contribution in [-0.2, 0) is 6.42 Å². The van der Waals surface area contributed by atoms with E-state index in [1.807, 2.05) is 0 Å². The molecule has 1 aliphatic heterocycles. The van der Waals surface area contributed by atoms with E-state index in [4.69, 9.17) is 0 Å². The number of aryl methyl sites for hydroxylation is 1. The summed E-state index contributed by atoms with van der Waals surface area (Å²) in [5.41, 5.74) is 2.83. The van der Waals surface area contributed by atoms with E-state index in [2.05, 4.69) is 41.4 Å². The topological polar surface area (TPSA) is 15.3 Å². The lowest BCUT2D eigenvalue weighted by atomic mass is 10.1. The van der Waals surface area contributed by atoms with Crippen LogP contribution in [0.1, 0.15) is 25.3 Å². The van der Waals surface area contributed by atoms with Crippen molar-refractivity contribution >= 4 is 5.69 Å². The Morgan fingerprint density at radius 3 is 2.65 bits per heavy atom. The number of nitrogens with zero attached hydrogens (tertiary/aromatic N) is 1. The molecule has 0 amide bonds. The molecule has 1 aromatic rings. The molecule has 92 valence electrons. The number of nitrogens with one attached hydrogen (secondary N) is 1. The molecule has 1 atom stereocenters. The molecular formula is C15H22N2. The Kier molecular flexibility index (Phi) is 3.06.